The zero-order valence-corrected chi connectivity index (χ0v) is 13.0. The molecule has 1 saturated carbocycles. The predicted molar refractivity (Wildman–Crippen MR) is 79.2 cm³/mol. The summed E-state index contributed by atoms with van der Waals surface area (Å²) in [4.78, 5) is -0.314. The Labute approximate surface area is 124 Å². The minimum absolute atomic E-state index is 0.121. The van der Waals surface area contributed by atoms with Crippen LogP contribution in [0, 0.1) is 11.8 Å². The molecule has 1 aromatic rings. The van der Waals surface area contributed by atoms with Crippen molar-refractivity contribution >= 4 is 15.5 Å². The Kier molecular flexibility index (Phi) is 4.86. The summed E-state index contributed by atoms with van der Waals surface area (Å²) in [6.45, 7) is 4.31. The van der Waals surface area contributed by atoms with Gasteiger partial charge in [-0.15, -0.1) is 0 Å². The van der Waals surface area contributed by atoms with Crippen LogP contribution < -0.4 is 5.32 Å². The number of hydrogen-bond donors (Lipinski definition) is 1. The van der Waals surface area contributed by atoms with E-state index in [4.69, 9.17) is 0 Å². The highest BCUT2D eigenvalue weighted by Gasteiger charge is 2.31. The molecule has 2 rings (SSSR count). The van der Waals surface area contributed by atoms with Crippen molar-refractivity contribution in [2.45, 2.75) is 49.8 Å². The summed E-state index contributed by atoms with van der Waals surface area (Å²) in [5, 5.41) is 3.17. The summed E-state index contributed by atoms with van der Waals surface area (Å²) in [5.74, 6) is -2.36. The summed E-state index contributed by atoms with van der Waals surface area (Å²) in [5.41, 5.74) is 0.282. The molecule has 21 heavy (non-hydrogen) atoms. The van der Waals surface area contributed by atoms with E-state index in [0.717, 1.165) is 19.3 Å². The van der Waals surface area contributed by atoms with Crippen LogP contribution in [0.15, 0.2) is 29.2 Å². The second kappa shape index (κ2) is 6.30. The topological polar surface area (TPSA) is 46.2 Å². The van der Waals surface area contributed by atoms with Crippen LogP contribution in [-0.2, 0) is 9.84 Å². The van der Waals surface area contributed by atoms with Crippen molar-refractivity contribution in [1.82, 2.24) is 0 Å². The fraction of sp³-hybridized carbons (Fsp3) is 0.600. The summed E-state index contributed by atoms with van der Waals surface area (Å²) in [6, 6.07) is 6.03. The number of sulfone groups is 1. The van der Waals surface area contributed by atoms with Crippen LogP contribution in [0.5, 0.6) is 0 Å². The Morgan fingerprint density at radius 2 is 1.86 bits per heavy atom. The average Bonchev–Trinajstić information content (AvgIpc) is 2.42. The monoisotopic (exact) mass is 317 g/mol. The quantitative estimate of drug-likeness (QED) is 0.915. The molecule has 0 amide bonds. The lowest BCUT2D eigenvalue weighted by atomic mass is 9.80. The first-order valence-corrected chi connectivity index (χ1v) is 8.74. The second-order valence-electron chi connectivity index (χ2n) is 5.95. The van der Waals surface area contributed by atoms with Crippen LogP contribution in [0.4, 0.5) is 14.5 Å². The Morgan fingerprint density at radius 3 is 2.48 bits per heavy atom. The van der Waals surface area contributed by atoms with Gasteiger partial charge in [-0.25, -0.2) is 8.42 Å². The van der Waals surface area contributed by atoms with Crippen molar-refractivity contribution in [1.29, 1.82) is 0 Å². The van der Waals surface area contributed by atoms with Gasteiger partial charge in [0.1, 0.15) is 0 Å². The first kappa shape index (κ1) is 16.2. The maximum Gasteiger partial charge on any atom is 0.341 e. The Morgan fingerprint density at radius 1 is 1.19 bits per heavy atom. The predicted octanol–water partition coefficient (Wildman–Crippen LogP) is 3.92. The highest BCUT2D eigenvalue weighted by Crippen LogP contribution is 2.33. The fourth-order valence-electron chi connectivity index (χ4n) is 3.01. The van der Waals surface area contributed by atoms with Crippen LogP contribution in [0.3, 0.4) is 0 Å². The normalized spacial score (nSPS) is 26.8. The number of para-hydroxylation sites is 1. The lowest BCUT2D eigenvalue weighted by molar-refractivity contribution is 0.234. The maximum absolute atomic E-state index is 12.8. The zero-order valence-electron chi connectivity index (χ0n) is 12.2. The number of alkyl halides is 2. The van der Waals surface area contributed by atoms with Crippen LogP contribution in [0.25, 0.3) is 0 Å². The Bertz CT molecular complexity index is 589. The van der Waals surface area contributed by atoms with Gasteiger partial charge in [-0.1, -0.05) is 26.0 Å². The van der Waals surface area contributed by atoms with Gasteiger partial charge in [-0.3, -0.25) is 0 Å². The maximum atomic E-state index is 12.8. The van der Waals surface area contributed by atoms with Gasteiger partial charge in [0.25, 0.3) is 0 Å². The number of halogens is 2. The van der Waals surface area contributed by atoms with Crippen molar-refractivity contribution in [2.75, 3.05) is 5.32 Å². The smallest absolute Gasteiger partial charge is 0.341 e. The first-order chi connectivity index (χ1) is 9.82. The molecule has 1 N–H and O–H groups in total. The molecule has 0 spiro atoms. The lowest BCUT2D eigenvalue weighted by Gasteiger charge is -2.34. The number of rotatable bonds is 4. The van der Waals surface area contributed by atoms with Crippen LogP contribution in [-0.4, -0.2) is 20.2 Å². The van der Waals surface area contributed by atoms with E-state index in [-0.39, 0.29) is 16.6 Å². The summed E-state index contributed by atoms with van der Waals surface area (Å²) < 4.78 is 49.0. The third-order valence-electron chi connectivity index (χ3n) is 4.20. The minimum atomic E-state index is -4.58. The molecule has 118 valence electrons. The molecular formula is C15H21F2NO2S. The van der Waals surface area contributed by atoms with Gasteiger partial charge in [0.05, 0.1) is 10.6 Å². The number of benzene rings is 1. The van der Waals surface area contributed by atoms with E-state index in [1.54, 1.807) is 12.1 Å². The number of nitrogens with one attached hydrogen (secondary N) is 1. The summed E-state index contributed by atoms with van der Waals surface area (Å²) >= 11 is 0. The largest absolute Gasteiger partial charge is 0.381 e. The number of anilines is 1. The highest BCUT2D eigenvalue weighted by atomic mass is 32.2. The molecule has 0 bridgehead atoms. The fourth-order valence-corrected chi connectivity index (χ4v) is 3.90. The van der Waals surface area contributed by atoms with E-state index in [2.05, 4.69) is 19.2 Å². The molecule has 0 saturated heterocycles. The highest BCUT2D eigenvalue weighted by molar-refractivity contribution is 7.91. The first-order valence-electron chi connectivity index (χ1n) is 7.20. The number of hydrogen-bond acceptors (Lipinski definition) is 3. The molecule has 3 atom stereocenters. The van der Waals surface area contributed by atoms with Gasteiger partial charge in [0.2, 0.25) is 9.84 Å². The molecule has 1 fully saturated rings. The molecule has 0 heterocycles. The van der Waals surface area contributed by atoms with Gasteiger partial charge >= 0.3 is 5.76 Å². The Balaban J connectivity index is 2.26. The van der Waals surface area contributed by atoms with E-state index < -0.39 is 15.6 Å². The molecule has 1 aromatic carbocycles. The molecule has 3 nitrogen and oxygen atoms in total. The minimum Gasteiger partial charge on any atom is -0.381 e. The van der Waals surface area contributed by atoms with Gasteiger partial charge < -0.3 is 5.32 Å². The van der Waals surface area contributed by atoms with E-state index in [1.807, 2.05) is 0 Å². The van der Waals surface area contributed by atoms with Crippen LogP contribution >= 0.6 is 0 Å². The molecule has 1 aliphatic carbocycles. The van der Waals surface area contributed by atoms with Gasteiger partial charge in [0, 0.05) is 6.04 Å². The van der Waals surface area contributed by atoms with Crippen LogP contribution in [0.1, 0.15) is 33.1 Å². The van der Waals surface area contributed by atoms with Gasteiger partial charge in [-0.2, -0.15) is 8.78 Å². The zero-order chi connectivity index (χ0) is 15.6. The van der Waals surface area contributed by atoms with Crippen molar-refractivity contribution < 1.29 is 17.2 Å². The van der Waals surface area contributed by atoms with Gasteiger partial charge in [-0.05, 0) is 43.2 Å². The summed E-state index contributed by atoms with van der Waals surface area (Å²) in [6.07, 6.45) is 3.04. The molecule has 0 aliphatic heterocycles. The van der Waals surface area contributed by atoms with Crippen molar-refractivity contribution in [3.63, 3.8) is 0 Å². The average molecular weight is 317 g/mol. The second-order valence-corrected chi connectivity index (χ2v) is 7.83. The van der Waals surface area contributed by atoms with Gasteiger partial charge in [0.15, 0.2) is 0 Å². The van der Waals surface area contributed by atoms with Crippen LogP contribution in [0.2, 0.25) is 0 Å². The Hall–Kier alpha value is -1.17. The molecule has 1 aliphatic rings. The SMILES string of the molecule is CC1CCC(Nc2ccccc2S(=O)(=O)C(F)F)C(C)C1. The van der Waals surface area contributed by atoms with Crippen molar-refractivity contribution in [2.24, 2.45) is 11.8 Å². The van der Waals surface area contributed by atoms with E-state index in [9.17, 15) is 17.2 Å². The van der Waals surface area contributed by atoms with E-state index in [1.165, 1.54) is 12.1 Å². The van der Waals surface area contributed by atoms with E-state index in [0.29, 0.717) is 11.8 Å². The molecule has 0 radical (unpaired) electrons. The summed E-state index contributed by atoms with van der Waals surface area (Å²) in [7, 11) is -4.58. The lowest BCUT2D eigenvalue weighted by Crippen LogP contribution is -2.33. The molecule has 3 unspecified atom stereocenters. The standard InChI is InChI=1S/C15H21F2NO2S/c1-10-7-8-12(11(2)9-10)18-13-5-3-4-6-14(13)21(19,20)15(16)17/h3-6,10-12,15,18H,7-9H2,1-2H3. The molecular weight excluding hydrogens is 296 g/mol. The third kappa shape index (κ3) is 3.54. The third-order valence-corrected chi connectivity index (χ3v) is 5.64. The van der Waals surface area contributed by atoms with Crippen molar-refractivity contribution in [3.8, 4) is 0 Å². The molecule has 6 heteroatoms. The van der Waals surface area contributed by atoms with E-state index >= 15 is 0 Å². The molecule has 0 aromatic heterocycles. The van der Waals surface area contributed by atoms with Crippen molar-refractivity contribution in [3.05, 3.63) is 24.3 Å².